The van der Waals surface area contributed by atoms with Crippen LogP contribution in [-0.2, 0) is 4.79 Å². The number of carbonyl (C=O) groups excluding carboxylic acids is 1. The molecule has 3 N–H and O–H groups in total. The number of hydrogen-bond donors (Lipinski definition) is 3. The maximum atomic E-state index is 12.1. The zero-order chi connectivity index (χ0) is 15.5. The molecule has 116 valence electrons. The zero-order valence-corrected chi connectivity index (χ0v) is 13.4. The van der Waals surface area contributed by atoms with Crippen molar-refractivity contribution in [3.05, 3.63) is 21.3 Å². The minimum absolute atomic E-state index is 0.0281. The molecule has 7 heteroatoms. The molecule has 0 radical (unpaired) electrons. The highest BCUT2D eigenvalue weighted by Gasteiger charge is 2.37. The molecule has 1 aliphatic rings. The average molecular weight is 331 g/mol. The fourth-order valence-electron chi connectivity index (χ4n) is 2.79. The van der Waals surface area contributed by atoms with Crippen molar-refractivity contribution >= 4 is 34.9 Å². The van der Waals surface area contributed by atoms with Gasteiger partial charge in [-0.15, -0.1) is 11.3 Å². The van der Waals surface area contributed by atoms with Gasteiger partial charge < -0.3 is 15.7 Å². The second-order valence-electron chi connectivity index (χ2n) is 5.52. The van der Waals surface area contributed by atoms with E-state index in [0.29, 0.717) is 17.2 Å². The highest BCUT2D eigenvalue weighted by molar-refractivity contribution is 7.16. The van der Waals surface area contributed by atoms with E-state index >= 15 is 0 Å². The van der Waals surface area contributed by atoms with Crippen LogP contribution in [0.25, 0.3) is 0 Å². The Morgan fingerprint density at radius 1 is 1.43 bits per heavy atom. The number of halogens is 1. The fraction of sp³-hybridized carbons (Fsp3) is 0.571. The van der Waals surface area contributed by atoms with Crippen LogP contribution in [0.5, 0.6) is 0 Å². The molecule has 2 amide bonds. The number of nitrogens with one attached hydrogen (secondary N) is 2. The van der Waals surface area contributed by atoms with E-state index in [0.717, 1.165) is 17.7 Å². The second kappa shape index (κ2) is 6.66. The summed E-state index contributed by atoms with van der Waals surface area (Å²) in [6.45, 7) is 1.88. The van der Waals surface area contributed by atoms with Gasteiger partial charge in [0.25, 0.3) is 0 Å². The topological polar surface area (TPSA) is 78.4 Å². The van der Waals surface area contributed by atoms with Gasteiger partial charge in [0.1, 0.15) is 0 Å². The smallest absolute Gasteiger partial charge is 0.315 e. The summed E-state index contributed by atoms with van der Waals surface area (Å²) in [7, 11) is 0. The van der Waals surface area contributed by atoms with E-state index in [2.05, 4.69) is 10.6 Å². The Balaban J connectivity index is 1.95. The van der Waals surface area contributed by atoms with Crippen molar-refractivity contribution in [2.45, 2.75) is 50.6 Å². The minimum Gasteiger partial charge on any atom is -0.481 e. The lowest BCUT2D eigenvalue weighted by Crippen LogP contribution is -2.51. The third-order valence-corrected chi connectivity index (χ3v) is 5.21. The Bertz CT molecular complexity index is 526. The molecule has 1 fully saturated rings. The molecular formula is C14H19ClN2O3S. The molecule has 1 unspecified atom stereocenters. The number of hydrogen-bond acceptors (Lipinski definition) is 3. The Labute approximate surface area is 132 Å². The average Bonchev–Trinajstić information content (AvgIpc) is 2.97. The van der Waals surface area contributed by atoms with Crippen LogP contribution in [0.4, 0.5) is 4.79 Å². The SMILES string of the molecule is CC(NC(=O)NC1(CC(=O)O)CCCC1)c1ccc(Cl)s1. The minimum atomic E-state index is -0.879. The first-order chi connectivity index (χ1) is 9.90. The molecule has 0 saturated heterocycles. The molecule has 1 aromatic rings. The van der Waals surface area contributed by atoms with E-state index < -0.39 is 11.5 Å². The fourth-order valence-corrected chi connectivity index (χ4v) is 3.86. The molecule has 0 aromatic carbocycles. The summed E-state index contributed by atoms with van der Waals surface area (Å²) in [5, 5.41) is 14.7. The quantitative estimate of drug-likeness (QED) is 0.772. The van der Waals surface area contributed by atoms with Crippen LogP contribution in [-0.4, -0.2) is 22.6 Å². The number of aliphatic carboxylic acids is 1. The van der Waals surface area contributed by atoms with E-state index in [1.54, 1.807) is 6.07 Å². The van der Waals surface area contributed by atoms with Crippen LogP contribution in [0, 0.1) is 0 Å². The second-order valence-corrected chi connectivity index (χ2v) is 7.27. The third-order valence-electron chi connectivity index (χ3n) is 3.80. The van der Waals surface area contributed by atoms with Crippen molar-refractivity contribution in [3.8, 4) is 0 Å². The first kappa shape index (κ1) is 16.1. The van der Waals surface area contributed by atoms with Crippen LogP contribution in [0.2, 0.25) is 4.34 Å². The lowest BCUT2D eigenvalue weighted by atomic mass is 9.93. The lowest BCUT2D eigenvalue weighted by Gasteiger charge is -2.29. The number of amides is 2. The maximum Gasteiger partial charge on any atom is 0.315 e. The number of carboxylic acids is 1. The number of carboxylic acid groups (broad SMARTS) is 1. The van der Waals surface area contributed by atoms with Crippen LogP contribution < -0.4 is 10.6 Å². The van der Waals surface area contributed by atoms with Crippen LogP contribution in [0.15, 0.2) is 12.1 Å². The normalized spacial score (nSPS) is 18.2. The van der Waals surface area contributed by atoms with Gasteiger partial charge in [-0.05, 0) is 31.9 Å². The lowest BCUT2D eigenvalue weighted by molar-refractivity contribution is -0.138. The Hall–Kier alpha value is -1.27. The molecule has 0 aliphatic heterocycles. The van der Waals surface area contributed by atoms with Crippen LogP contribution >= 0.6 is 22.9 Å². The van der Waals surface area contributed by atoms with Gasteiger partial charge >= 0.3 is 12.0 Å². The molecule has 1 heterocycles. The molecule has 1 aliphatic carbocycles. The molecule has 21 heavy (non-hydrogen) atoms. The maximum absolute atomic E-state index is 12.1. The Kier molecular flexibility index (Phi) is 5.11. The van der Waals surface area contributed by atoms with Gasteiger partial charge in [0.15, 0.2) is 0 Å². The molecule has 0 spiro atoms. The third kappa shape index (κ3) is 4.35. The molecule has 0 bridgehead atoms. The summed E-state index contributed by atoms with van der Waals surface area (Å²) in [4.78, 5) is 24.1. The van der Waals surface area contributed by atoms with Gasteiger partial charge in [-0.2, -0.15) is 0 Å². The number of carbonyl (C=O) groups is 2. The standard InChI is InChI=1S/C14H19ClN2O3S/c1-9(10-4-5-11(15)21-10)16-13(20)17-14(8-12(18)19)6-2-3-7-14/h4-5,9H,2-3,6-8H2,1H3,(H,18,19)(H2,16,17,20). The van der Waals surface area contributed by atoms with Gasteiger partial charge in [0.05, 0.1) is 22.3 Å². The monoisotopic (exact) mass is 330 g/mol. The summed E-state index contributed by atoms with van der Waals surface area (Å²) in [6, 6.07) is 3.18. The van der Waals surface area contributed by atoms with Crippen LogP contribution in [0.3, 0.4) is 0 Å². The largest absolute Gasteiger partial charge is 0.481 e. The summed E-state index contributed by atoms with van der Waals surface area (Å²) in [5.74, 6) is -0.879. The molecular weight excluding hydrogens is 312 g/mol. The van der Waals surface area contributed by atoms with Crippen molar-refractivity contribution < 1.29 is 14.7 Å². The van der Waals surface area contributed by atoms with Gasteiger partial charge in [-0.25, -0.2) is 4.79 Å². The summed E-state index contributed by atoms with van der Waals surface area (Å²) >= 11 is 7.30. The van der Waals surface area contributed by atoms with Gasteiger partial charge in [0, 0.05) is 4.88 Å². The molecule has 1 saturated carbocycles. The van der Waals surface area contributed by atoms with E-state index in [-0.39, 0.29) is 18.5 Å². The van der Waals surface area contributed by atoms with Crippen molar-refractivity contribution in [3.63, 3.8) is 0 Å². The van der Waals surface area contributed by atoms with Gasteiger partial charge in [0.2, 0.25) is 0 Å². The van der Waals surface area contributed by atoms with Crippen molar-refractivity contribution in [1.82, 2.24) is 10.6 Å². The molecule has 1 aromatic heterocycles. The molecule has 1 atom stereocenters. The molecule has 2 rings (SSSR count). The molecule has 5 nitrogen and oxygen atoms in total. The predicted molar refractivity (Wildman–Crippen MR) is 82.9 cm³/mol. The van der Waals surface area contributed by atoms with Crippen molar-refractivity contribution in [2.75, 3.05) is 0 Å². The number of rotatable bonds is 5. The summed E-state index contributed by atoms with van der Waals surface area (Å²) in [6.07, 6.45) is 3.30. The highest BCUT2D eigenvalue weighted by Crippen LogP contribution is 2.33. The van der Waals surface area contributed by atoms with Crippen molar-refractivity contribution in [2.24, 2.45) is 0 Å². The van der Waals surface area contributed by atoms with Crippen LogP contribution in [0.1, 0.15) is 49.9 Å². The van der Waals surface area contributed by atoms with E-state index in [4.69, 9.17) is 16.7 Å². The number of thiophene rings is 1. The van der Waals surface area contributed by atoms with Crippen molar-refractivity contribution in [1.29, 1.82) is 0 Å². The summed E-state index contributed by atoms with van der Waals surface area (Å²) in [5.41, 5.74) is -0.608. The first-order valence-corrected chi connectivity index (χ1v) is 8.15. The van der Waals surface area contributed by atoms with Gasteiger partial charge in [-0.3, -0.25) is 4.79 Å². The predicted octanol–water partition coefficient (Wildman–Crippen LogP) is 3.55. The van der Waals surface area contributed by atoms with E-state index in [9.17, 15) is 9.59 Å². The first-order valence-electron chi connectivity index (χ1n) is 6.96. The van der Waals surface area contributed by atoms with E-state index in [1.165, 1.54) is 11.3 Å². The zero-order valence-electron chi connectivity index (χ0n) is 11.8. The van der Waals surface area contributed by atoms with E-state index in [1.807, 2.05) is 13.0 Å². The highest BCUT2D eigenvalue weighted by atomic mass is 35.5. The Morgan fingerprint density at radius 2 is 2.10 bits per heavy atom. The number of urea groups is 1. The van der Waals surface area contributed by atoms with Gasteiger partial charge in [-0.1, -0.05) is 24.4 Å². The Morgan fingerprint density at radius 3 is 2.62 bits per heavy atom. The summed E-state index contributed by atoms with van der Waals surface area (Å²) < 4.78 is 0.678.